The zero-order valence-corrected chi connectivity index (χ0v) is 29.5. The van der Waals surface area contributed by atoms with Gasteiger partial charge in [0.2, 0.25) is 0 Å². The molecule has 54 heavy (non-hydrogen) atoms. The molecule has 10 rings (SSSR count). The van der Waals surface area contributed by atoms with Gasteiger partial charge in [0.1, 0.15) is 5.82 Å². The molecule has 0 unspecified atom stereocenters. The van der Waals surface area contributed by atoms with Crippen LogP contribution in [0.15, 0.2) is 206 Å². The van der Waals surface area contributed by atoms with Crippen molar-refractivity contribution >= 4 is 60.2 Å². The van der Waals surface area contributed by atoms with E-state index in [1.54, 1.807) is 0 Å². The molecule has 0 radical (unpaired) electrons. The lowest BCUT2D eigenvalue weighted by molar-refractivity contribution is 0.628. The van der Waals surface area contributed by atoms with Gasteiger partial charge < -0.3 is 4.90 Å². The van der Waals surface area contributed by atoms with Gasteiger partial charge in [-0.2, -0.15) is 0 Å². The molecule has 10 aromatic rings. The molecule has 0 saturated heterocycles. The van der Waals surface area contributed by atoms with Gasteiger partial charge in [0, 0.05) is 17.1 Å². The van der Waals surface area contributed by atoms with Crippen LogP contribution in [0.2, 0.25) is 0 Å². The first-order valence-corrected chi connectivity index (χ1v) is 18.4. The van der Waals surface area contributed by atoms with Crippen molar-refractivity contribution in [1.29, 1.82) is 0 Å². The van der Waals surface area contributed by atoms with Crippen molar-refractivity contribution < 1.29 is 4.39 Å². The minimum Gasteiger partial charge on any atom is -0.310 e. The molecule has 0 aliphatic heterocycles. The molecule has 0 N–H and O–H groups in total. The topological polar surface area (TPSA) is 3.24 Å². The second-order valence-electron chi connectivity index (χ2n) is 13.8. The van der Waals surface area contributed by atoms with Crippen LogP contribution < -0.4 is 4.90 Å². The highest BCUT2D eigenvalue weighted by Crippen LogP contribution is 2.50. The standard InChI is InChI=1S/C52H34FN/c53-40-25-28-41(29-26-40)54(42-27-24-35-14-10-11-21-39(35)32-42)43-30-31-46-49(33-43)44-22-12-13-23-45(44)51-48(37-17-6-2-7-18-37)34-47(36-15-4-1-5-16-36)50(52(46)51)38-19-8-3-9-20-38/h1-34H. The lowest BCUT2D eigenvalue weighted by atomic mass is 9.81. The maximum atomic E-state index is 14.4. The van der Waals surface area contributed by atoms with Gasteiger partial charge in [0.05, 0.1) is 0 Å². The third kappa shape index (κ3) is 5.39. The molecular formula is C52H34FN. The number of halogens is 1. The number of hydrogen-bond acceptors (Lipinski definition) is 1. The molecule has 0 fully saturated rings. The lowest BCUT2D eigenvalue weighted by Gasteiger charge is -2.27. The highest BCUT2D eigenvalue weighted by molar-refractivity contribution is 6.33. The van der Waals surface area contributed by atoms with Gasteiger partial charge in [-0.1, -0.05) is 152 Å². The predicted octanol–water partition coefficient (Wildman–Crippen LogP) is 14.9. The summed E-state index contributed by atoms with van der Waals surface area (Å²) >= 11 is 0. The summed E-state index contributed by atoms with van der Waals surface area (Å²) < 4.78 is 14.4. The molecule has 0 atom stereocenters. The van der Waals surface area contributed by atoms with Crippen LogP contribution in [0.3, 0.4) is 0 Å². The SMILES string of the molecule is Fc1ccc(N(c2ccc3ccccc3c2)c2ccc3c(c2)c2ccccc2c2c(-c4ccccc4)cc(-c4ccccc4)c(-c4ccccc4)c32)cc1. The second-order valence-corrected chi connectivity index (χ2v) is 13.8. The van der Waals surface area contributed by atoms with Crippen LogP contribution >= 0.6 is 0 Å². The van der Waals surface area contributed by atoms with E-state index in [0.29, 0.717) is 0 Å². The molecule has 0 aliphatic rings. The number of hydrogen-bond donors (Lipinski definition) is 0. The van der Waals surface area contributed by atoms with Crippen LogP contribution in [-0.4, -0.2) is 0 Å². The van der Waals surface area contributed by atoms with Crippen molar-refractivity contribution in [3.05, 3.63) is 212 Å². The zero-order chi connectivity index (χ0) is 36.0. The smallest absolute Gasteiger partial charge is 0.123 e. The second kappa shape index (κ2) is 13.2. The summed E-state index contributed by atoms with van der Waals surface area (Å²) in [6.45, 7) is 0. The normalized spacial score (nSPS) is 11.4. The first kappa shape index (κ1) is 31.7. The van der Waals surface area contributed by atoms with Gasteiger partial charge in [0.15, 0.2) is 0 Å². The minimum absolute atomic E-state index is 0.259. The van der Waals surface area contributed by atoms with Crippen molar-refractivity contribution in [3.63, 3.8) is 0 Å². The minimum atomic E-state index is -0.259. The fourth-order valence-corrected chi connectivity index (χ4v) is 8.23. The predicted molar refractivity (Wildman–Crippen MR) is 227 cm³/mol. The first-order chi connectivity index (χ1) is 26.7. The van der Waals surface area contributed by atoms with Crippen LogP contribution in [0.25, 0.3) is 76.5 Å². The Kier molecular flexibility index (Phi) is 7.74. The number of nitrogens with zero attached hydrogens (tertiary/aromatic N) is 1. The fourth-order valence-electron chi connectivity index (χ4n) is 8.23. The van der Waals surface area contributed by atoms with Crippen LogP contribution in [0.1, 0.15) is 0 Å². The summed E-state index contributed by atoms with van der Waals surface area (Å²) in [5.74, 6) is -0.259. The Labute approximate surface area is 313 Å². The Bertz CT molecular complexity index is 2970. The molecule has 0 aliphatic carbocycles. The van der Waals surface area contributed by atoms with Crippen molar-refractivity contribution in [2.75, 3.05) is 4.90 Å². The Morgan fingerprint density at radius 3 is 1.54 bits per heavy atom. The van der Waals surface area contributed by atoms with Crippen LogP contribution in [0.4, 0.5) is 21.5 Å². The summed E-state index contributed by atoms with van der Waals surface area (Å²) in [5.41, 5.74) is 10.0. The Morgan fingerprint density at radius 1 is 0.315 bits per heavy atom. The number of benzene rings is 10. The summed E-state index contributed by atoms with van der Waals surface area (Å²) in [6.07, 6.45) is 0. The van der Waals surface area contributed by atoms with E-state index < -0.39 is 0 Å². The Balaban J connectivity index is 1.35. The van der Waals surface area contributed by atoms with Crippen LogP contribution in [0.5, 0.6) is 0 Å². The zero-order valence-electron chi connectivity index (χ0n) is 29.5. The number of rotatable bonds is 6. The van der Waals surface area contributed by atoms with E-state index in [1.807, 2.05) is 12.1 Å². The van der Waals surface area contributed by atoms with Crippen LogP contribution in [0, 0.1) is 5.82 Å². The number of anilines is 3. The first-order valence-electron chi connectivity index (χ1n) is 18.4. The van der Waals surface area contributed by atoms with Gasteiger partial charge in [-0.15, -0.1) is 0 Å². The van der Waals surface area contributed by atoms with Crippen LogP contribution in [-0.2, 0) is 0 Å². The van der Waals surface area contributed by atoms with Crippen molar-refractivity contribution in [2.24, 2.45) is 0 Å². The highest BCUT2D eigenvalue weighted by atomic mass is 19.1. The quantitative estimate of drug-likeness (QED) is 0.157. The van der Waals surface area contributed by atoms with E-state index in [-0.39, 0.29) is 5.82 Å². The molecule has 10 aromatic carbocycles. The van der Waals surface area contributed by atoms with Gasteiger partial charge in [-0.05, 0) is 131 Å². The molecule has 0 heterocycles. The molecule has 0 saturated carbocycles. The fraction of sp³-hybridized carbons (Fsp3) is 0. The van der Waals surface area contributed by atoms with Gasteiger partial charge in [-0.25, -0.2) is 4.39 Å². The van der Waals surface area contributed by atoms with E-state index in [0.717, 1.165) is 27.8 Å². The lowest BCUT2D eigenvalue weighted by Crippen LogP contribution is -2.10. The summed E-state index contributed by atoms with van der Waals surface area (Å²) in [6, 6.07) is 72.1. The largest absolute Gasteiger partial charge is 0.310 e. The molecule has 254 valence electrons. The number of fused-ring (bicyclic) bond motifs is 7. The average Bonchev–Trinajstić information content (AvgIpc) is 3.24. The van der Waals surface area contributed by atoms with E-state index in [4.69, 9.17) is 0 Å². The third-order valence-electron chi connectivity index (χ3n) is 10.7. The maximum Gasteiger partial charge on any atom is 0.123 e. The van der Waals surface area contributed by atoms with E-state index in [2.05, 4.69) is 187 Å². The Hall–Kier alpha value is -7.03. The molecule has 0 aromatic heterocycles. The van der Waals surface area contributed by atoms with Gasteiger partial charge >= 0.3 is 0 Å². The van der Waals surface area contributed by atoms with E-state index >= 15 is 0 Å². The third-order valence-corrected chi connectivity index (χ3v) is 10.7. The van der Waals surface area contributed by atoms with Gasteiger partial charge in [0.25, 0.3) is 0 Å². The molecular weight excluding hydrogens is 658 g/mol. The molecule has 1 nitrogen and oxygen atoms in total. The summed E-state index contributed by atoms with van der Waals surface area (Å²) in [5, 5.41) is 9.50. The average molecular weight is 692 g/mol. The summed E-state index contributed by atoms with van der Waals surface area (Å²) in [4.78, 5) is 2.23. The molecule has 2 heteroatoms. The van der Waals surface area contributed by atoms with Crippen molar-refractivity contribution in [1.82, 2.24) is 0 Å². The summed E-state index contributed by atoms with van der Waals surface area (Å²) in [7, 11) is 0. The monoisotopic (exact) mass is 691 g/mol. The molecule has 0 bridgehead atoms. The Morgan fingerprint density at radius 2 is 0.833 bits per heavy atom. The van der Waals surface area contributed by atoms with Crippen molar-refractivity contribution in [2.45, 2.75) is 0 Å². The van der Waals surface area contributed by atoms with E-state index in [1.165, 1.54) is 77.8 Å². The molecule has 0 spiro atoms. The highest BCUT2D eigenvalue weighted by Gasteiger charge is 2.23. The van der Waals surface area contributed by atoms with E-state index in [9.17, 15) is 4.39 Å². The molecule has 0 amide bonds. The van der Waals surface area contributed by atoms with Crippen molar-refractivity contribution in [3.8, 4) is 33.4 Å². The van der Waals surface area contributed by atoms with Gasteiger partial charge in [-0.3, -0.25) is 0 Å². The maximum absolute atomic E-state index is 14.4.